The van der Waals surface area contributed by atoms with Crippen molar-refractivity contribution < 1.29 is 17.9 Å². The molecule has 6 heteroatoms. The Morgan fingerprint density at radius 1 is 1.32 bits per heavy atom. The third kappa shape index (κ3) is 6.68. The molecule has 1 N–H and O–H groups in total. The van der Waals surface area contributed by atoms with Gasteiger partial charge in [-0.3, -0.25) is 0 Å². The van der Waals surface area contributed by atoms with Crippen LogP contribution in [0.3, 0.4) is 0 Å². The van der Waals surface area contributed by atoms with Crippen molar-refractivity contribution in [2.24, 2.45) is 5.92 Å². The van der Waals surface area contributed by atoms with Gasteiger partial charge in [0.25, 0.3) is 0 Å². The van der Waals surface area contributed by atoms with Crippen LogP contribution in [0.15, 0.2) is 18.2 Å². The monoisotopic (exact) mass is 295 g/mol. The quantitative estimate of drug-likeness (QED) is 0.855. The van der Waals surface area contributed by atoms with E-state index in [4.69, 9.17) is 16.3 Å². The van der Waals surface area contributed by atoms with Crippen LogP contribution in [0.1, 0.15) is 19.4 Å². The summed E-state index contributed by atoms with van der Waals surface area (Å²) in [5.41, 5.74) is 0.623. The SMILES string of the molecule is CC(C)CNCc1cc(Cl)ccc1OCC(F)(F)F. The minimum atomic E-state index is -4.34. The van der Waals surface area contributed by atoms with E-state index in [0.29, 0.717) is 23.0 Å². The maximum atomic E-state index is 12.1. The zero-order chi connectivity index (χ0) is 14.5. The van der Waals surface area contributed by atoms with Gasteiger partial charge in [-0.15, -0.1) is 0 Å². The van der Waals surface area contributed by atoms with Gasteiger partial charge in [-0.2, -0.15) is 13.2 Å². The summed E-state index contributed by atoms with van der Waals surface area (Å²) in [6.07, 6.45) is -4.34. The van der Waals surface area contributed by atoms with Gasteiger partial charge in [0.05, 0.1) is 0 Å². The van der Waals surface area contributed by atoms with Gasteiger partial charge < -0.3 is 10.1 Å². The lowest BCUT2D eigenvalue weighted by molar-refractivity contribution is -0.153. The summed E-state index contributed by atoms with van der Waals surface area (Å²) in [6.45, 7) is 3.99. The van der Waals surface area contributed by atoms with Crippen LogP contribution < -0.4 is 10.1 Å². The van der Waals surface area contributed by atoms with E-state index in [1.54, 1.807) is 6.07 Å². The first-order valence-electron chi connectivity index (χ1n) is 5.96. The predicted octanol–water partition coefficient (Wildman–Crippen LogP) is 4.03. The summed E-state index contributed by atoms with van der Waals surface area (Å²) in [6, 6.07) is 4.58. The molecule has 0 radical (unpaired) electrons. The van der Waals surface area contributed by atoms with Crippen molar-refractivity contribution in [1.82, 2.24) is 5.32 Å². The zero-order valence-electron chi connectivity index (χ0n) is 10.9. The van der Waals surface area contributed by atoms with Crippen LogP contribution in [-0.2, 0) is 6.54 Å². The molecule has 0 bridgehead atoms. The summed E-state index contributed by atoms with van der Waals surface area (Å²) in [7, 11) is 0. The van der Waals surface area contributed by atoms with E-state index in [0.717, 1.165) is 6.54 Å². The molecule has 108 valence electrons. The Kier molecular flexibility index (Phi) is 5.94. The van der Waals surface area contributed by atoms with Gasteiger partial charge in [-0.05, 0) is 30.7 Å². The number of hydrogen-bond donors (Lipinski definition) is 1. The molecule has 0 aliphatic heterocycles. The van der Waals surface area contributed by atoms with Gasteiger partial charge in [0.15, 0.2) is 6.61 Å². The number of rotatable bonds is 6. The molecule has 0 saturated carbocycles. The van der Waals surface area contributed by atoms with Crippen LogP contribution in [0.5, 0.6) is 5.75 Å². The van der Waals surface area contributed by atoms with Crippen LogP contribution in [0, 0.1) is 5.92 Å². The standard InChI is InChI=1S/C13H17ClF3NO/c1-9(2)6-18-7-10-5-11(14)3-4-12(10)19-8-13(15,16)17/h3-5,9,18H,6-8H2,1-2H3. The minimum absolute atomic E-state index is 0.206. The van der Waals surface area contributed by atoms with Crippen LogP contribution in [0.25, 0.3) is 0 Å². The molecule has 0 aliphatic carbocycles. The number of ether oxygens (including phenoxy) is 1. The molecule has 0 saturated heterocycles. The predicted molar refractivity (Wildman–Crippen MR) is 69.5 cm³/mol. The van der Waals surface area contributed by atoms with Crippen molar-refractivity contribution in [2.45, 2.75) is 26.6 Å². The molecule has 0 unspecified atom stereocenters. The third-order valence-electron chi connectivity index (χ3n) is 2.28. The van der Waals surface area contributed by atoms with E-state index >= 15 is 0 Å². The minimum Gasteiger partial charge on any atom is -0.484 e. The molecule has 0 spiro atoms. The van der Waals surface area contributed by atoms with Crippen LogP contribution >= 0.6 is 11.6 Å². The van der Waals surface area contributed by atoms with Crippen molar-refractivity contribution >= 4 is 11.6 Å². The van der Waals surface area contributed by atoms with E-state index in [9.17, 15) is 13.2 Å². The molecule has 1 aromatic rings. The molecule has 0 amide bonds. The smallest absolute Gasteiger partial charge is 0.422 e. The first-order valence-corrected chi connectivity index (χ1v) is 6.34. The Morgan fingerprint density at radius 3 is 2.58 bits per heavy atom. The second-order valence-electron chi connectivity index (χ2n) is 4.68. The molecule has 2 nitrogen and oxygen atoms in total. The molecule has 0 fully saturated rings. The Hall–Kier alpha value is -0.940. The Labute approximate surface area is 115 Å². The van der Waals surface area contributed by atoms with E-state index in [1.165, 1.54) is 12.1 Å². The lowest BCUT2D eigenvalue weighted by atomic mass is 10.2. The van der Waals surface area contributed by atoms with Gasteiger partial charge in [0.1, 0.15) is 5.75 Å². The number of benzene rings is 1. The molecular formula is C13H17ClF3NO. The highest BCUT2D eigenvalue weighted by Crippen LogP contribution is 2.25. The zero-order valence-corrected chi connectivity index (χ0v) is 11.6. The van der Waals surface area contributed by atoms with Gasteiger partial charge in [-0.1, -0.05) is 25.4 Å². The first kappa shape index (κ1) is 16.1. The molecule has 1 aromatic carbocycles. The van der Waals surface area contributed by atoms with Crippen LogP contribution in [0.2, 0.25) is 5.02 Å². The summed E-state index contributed by atoms with van der Waals surface area (Å²) < 4.78 is 41.2. The average molecular weight is 296 g/mol. The van der Waals surface area contributed by atoms with E-state index in [-0.39, 0.29) is 5.75 Å². The van der Waals surface area contributed by atoms with Gasteiger partial charge in [0.2, 0.25) is 0 Å². The molecule has 0 aromatic heterocycles. The highest BCUT2D eigenvalue weighted by Gasteiger charge is 2.28. The molecule has 0 aliphatic rings. The number of halogens is 4. The topological polar surface area (TPSA) is 21.3 Å². The first-order chi connectivity index (χ1) is 8.78. The Bertz CT molecular complexity index is 407. The number of nitrogens with one attached hydrogen (secondary N) is 1. The van der Waals surface area contributed by atoms with E-state index in [1.807, 2.05) is 13.8 Å². The van der Waals surface area contributed by atoms with E-state index in [2.05, 4.69) is 5.32 Å². The van der Waals surface area contributed by atoms with Crippen LogP contribution in [0.4, 0.5) is 13.2 Å². The fraction of sp³-hybridized carbons (Fsp3) is 0.538. The van der Waals surface area contributed by atoms with Gasteiger partial charge in [0, 0.05) is 17.1 Å². The number of alkyl halides is 3. The van der Waals surface area contributed by atoms with Crippen molar-refractivity contribution in [2.75, 3.05) is 13.2 Å². The number of hydrogen-bond acceptors (Lipinski definition) is 2. The summed E-state index contributed by atoms with van der Waals surface area (Å²) in [5.74, 6) is 0.664. The fourth-order valence-electron chi connectivity index (χ4n) is 1.48. The van der Waals surface area contributed by atoms with Gasteiger partial charge >= 0.3 is 6.18 Å². The van der Waals surface area contributed by atoms with Crippen molar-refractivity contribution in [3.8, 4) is 5.75 Å². The largest absolute Gasteiger partial charge is 0.484 e. The second kappa shape index (κ2) is 7.01. The maximum Gasteiger partial charge on any atom is 0.422 e. The second-order valence-corrected chi connectivity index (χ2v) is 5.12. The lowest BCUT2D eigenvalue weighted by Crippen LogP contribution is -2.22. The van der Waals surface area contributed by atoms with Crippen molar-refractivity contribution in [3.63, 3.8) is 0 Å². The van der Waals surface area contributed by atoms with Crippen LogP contribution in [-0.4, -0.2) is 19.3 Å². The lowest BCUT2D eigenvalue weighted by Gasteiger charge is -2.14. The maximum absolute atomic E-state index is 12.1. The van der Waals surface area contributed by atoms with E-state index < -0.39 is 12.8 Å². The average Bonchev–Trinajstić information content (AvgIpc) is 2.26. The normalized spacial score (nSPS) is 11.9. The molecule has 0 heterocycles. The summed E-state index contributed by atoms with van der Waals surface area (Å²) in [4.78, 5) is 0. The molecule has 0 atom stereocenters. The van der Waals surface area contributed by atoms with Crippen molar-refractivity contribution in [1.29, 1.82) is 0 Å². The highest BCUT2D eigenvalue weighted by molar-refractivity contribution is 6.30. The molecular weight excluding hydrogens is 279 g/mol. The summed E-state index contributed by atoms with van der Waals surface area (Å²) in [5, 5.41) is 3.62. The molecule has 19 heavy (non-hydrogen) atoms. The molecule has 1 rings (SSSR count). The Morgan fingerprint density at radius 2 is 2.00 bits per heavy atom. The summed E-state index contributed by atoms with van der Waals surface area (Å²) >= 11 is 5.84. The van der Waals surface area contributed by atoms with Gasteiger partial charge in [-0.25, -0.2) is 0 Å². The third-order valence-corrected chi connectivity index (χ3v) is 2.52. The van der Waals surface area contributed by atoms with Crippen molar-refractivity contribution in [3.05, 3.63) is 28.8 Å². The highest BCUT2D eigenvalue weighted by atomic mass is 35.5. The Balaban J connectivity index is 2.68. The fourth-order valence-corrected chi connectivity index (χ4v) is 1.68.